The summed E-state index contributed by atoms with van der Waals surface area (Å²) in [7, 11) is 4.53. The maximum Gasteiger partial charge on any atom is 0.255 e. The largest absolute Gasteiger partial charge is 0.493 e. The van der Waals surface area contributed by atoms with Gasteiger partial charge in [0.1, 0.15) is 0 Å². The number of carbonyl (C=O) groups excluding carboxylic acids is 1. The third-order valence-corrected chi connectivity index (χ3v) is 3.50. The molecule has 1 N–H and O–H groups in total. The second kappa shape index (κ2) is 7.17. The van der Waals surface area contributed by atoms with E-state index in [9.17, 15) is 4.79 Å². The number of hydrogen-bond donors (Lipinski definition) is 1. The van der Waals surface area contributed by atoms with Crippen LogP contribution in [0.15, 0.2) is 40.9 Å². The summed E-state index contributed by atoms with van der Waals surface area (Å²) >= 11 is 3.36. The number of benzene rings is 2. The van der Waals surface area contributed by atoms with E-state index in [1.54, 1.807) is 18.2 Å². The lowest BCUT2D eigenvalue weighted by atomic mass is 10.1. The molecule has 0 saturated carbocycles. The first kappa shape index (κ1) is 16.2. The van der Waals surface area contributed by atoms with Gasteiger partial charge in [-0.05, 0) is 30.3 Å². The van der Waals surface area contributed by atoms with Gasteiger partial charge in [0.25, 0.3) is 5.91 Å². The molecular formula is C16H16BrNO4. The summed E-state index contributed by atoms with van der Waals surface area (Å²) in [6.07, 6.45) is 0. The molecule has 1 amide bonds. The number of amides is 1. The van der Waals surface area contributed by atoms with Crippen LogP contribution in [0.2, 0.25) is 0 Å². The molecule has 6 heteroatoms. The van der Waals surface area contributed by atoms with Gasteiger partial charge in [-0.3, -0.25) is 4.79 Å². The van der Waals surface area contributed by atoms with Gasteiger partial charge in [-0.15, -0.1) is 0 Å². The lowest BCUT2D eigenvalue weighted by Gasteiger charge is -2.14. The Hall–Kier alpha value is -2.21. The van der Waals surface area contributed by atoms with Crippen molar-refractivity contribution in [1.82, 2.24) is 0 Å². The van der Waals surface area contributed by atoms with Crippen molar-refractivity contribution in [3.05, 3.63) is 46.4 Å². The molecule has 2 aromatic rings. The number of ether oxygens (including phenoxy) is 3. The molecule has 0 atom stereocenters. The molecule has 0 heterocycles. The average molecular weight is 366 g/mol. The van der Waals surface area contributed by atoms with Gasteiger partial charge >= 0.3 is 0 Å². The van der Waals surface area contributed by atoms with Gasteiger partial charge in [0.15, 0.2) is 11.5 Å². The summed E-state index contributed by atoms with van der Waals surface area (Å²) in [6.45, 7) is 0. The minimum atomic E-state index is -0.266. The van der Waals surface area contributed by atoms with Crippen LogP contribution in [0.1, 0.15) is 10.4 Å². The summed E-state index contributed by atoms with van der Waals surface area (Å²) in [5.74, 6) is 1.05. The molecule has 2 aromatic carbocycles. The molecule has 0 saturated heterocycles. The van der Waals surface area contributed by atoms with Gasteiger partial charge in [0.05, 0.1) is 21.3 Å². The Morgan fingerprint density at radius 1 is 1.00 bits per heavy atom. The van der Waals surface area contributed by atoms with Gasteiger partial charge in [-0.2, -0.15) is 0 Å². The van der Waals surface area contributed by atoms with Crippen LogP contribution < -0.4 is 19.5 Å². The van der Waals surface area contributed by atoms with Crippen LogP contribution in [0.25, 0.3) is 0 Å². The van der Waals surface area contributed by atoms with Gasteiger partial charge in [-0.1, -0.05) is 22.0 Å². The van der Waals surface area contributed by atoms with Crippen molar-refractivity contribution < 1.29 is 19.0 Å². The maximum absolute atomic E-state index is 12.4. The molecule has 0 aromatic heterocycles. The summed E-state index contributed by atoms with van der Waals surface area (Å²) < 4.78 is 16.6. The molecule has 22 heavy (non-hydrogen) atoms. The Kier molecular flexibility index (Phi) is 5.27. The van der Waals surface area contributed by atoms with E-state index in [1.165, 1.54) is 21.3 Å². The van der Waals surface area contributed by atoms with Crippen LogP contribution in [-0.2, 0) is 0 Å². The van der Waals surface area contributed by atoms with Crippen molar-refractivity contribution >= 4 is 27.5 Å². The van der Waals surface area contributed by atoms with E-state index in [0.717, 1.165) is 4.47 Å². The molecule has 5 nitrogen and oxygen atoms in total. The zero-order valence-corrected chi connectivity index (χ0v) is 14.1. The molecule has 0 bridgehead atoms. The maximum atomic E-state index is 12.4. The van der Waals surface area contributed by atoms with Crippen molar-refractivity contribution in [3.63, 3.8) is 0 Å². The van der Waals surface area contributed by atoms with E-state index in [1.807, 2.05) is 18.2 Å². The first-order valence-electron chi connectivity index (χ1n) is 6.46. The van der Waals surface area contributed by atoms with Gasteiger partial charge in [-0.25, -0.2) is 0 Å². The molecule has 0 aliphatic carbocycles. The average Bonchev–Trinajstić information content (AvgIpc) is 2.53. The number of halogens is 1. The zero-order chi connectivity index (χ0) is 16.1. The fourth-order valence-corrected chi connectivity index (χ4v) is 2.38. The first-order chi connectivity index (χ1) is 10.6. The third kappa shape index (κ3) is 3.51. The normalized spacial score (nSPS) is 10.0. The van der Waals surface area contributed by atoms with E-state index < -0.39 is 0 Å². The second-order valence-electron chi connectivity index (χ2n) is 4.38. The molecule has 0 spiro atoms. The van der Waals surface area contributed by atoms with Crippen LogP contribution in [-0.4, -0.2) is 27.2 Å². The third-order valence-electron chi connectivity index (χ3n) is 3.01. The van der Waals surface area contributed by atoms with Crippen molar-refractivity contribution in [2.24, 2.45) is 0 Å². The van der Waals surface area contributed by atoms with Crippen LogP contribution in [0, 0.1) is 0 Å². The van der Waals surface area contributed by atoms with Crippen molar-refractivity contribution in [3.8, 4) is 17.2 Å². The molecule has 0 radical (unpaired) electrons. The fourth-order valence-electron chi connectivity index (χ4n) is 1.98. The quantitative estimate of drug-likeness (QED) is 0.876. The minimum Gasteiger partial charge on any atom is -0.493 e. The van der Waals surface area contributed by atoms with E-state index in [2.05, 4.69) is 21.2 Å². The van der Waals surface area contributed by atoms with Crippen molar-refractivity contribution in [1.29, 1.82) is 0 Å². The van der Waals surface area contributed by atoms with Gasteiger partial charge in [0, 0.05) is 15.7 Å². The molecule has 0 aliphatic rings. The van der Waals surface area contributed by atoms with Crippen LogP contribution in [0.4, 0.5) is 5.69 Å². The monoisotopic (exact) mass is 365 g/mol. The number of rotatable bonds is 5. The zero-order valence-electron chi connectivity index (χ0n) is 12.5. The van der Waals surface area contributed by atoms with Crippen molar-refractivity contribution in [2.75, 3.05) is 26.6 Å². The predicted molar refractivity (Wildman–Crippen MR) is 88.2 cm³/mol. The highest BCUT2D eigenvalue weighted by Gasteiger charge is 2.17. The number of anilines is 1. The summed E-state index contributed by atoms with van der Waals surface area (Å²) in [4.78, 5) is 12.4. The van der Waals surface area contributed by atoms with Crippen molar-refractivity contribution in [2.45, 2.75) is 0 Å². The van der Waals surface area contributed by atoms with E-state index in [0.29, 0.717) is 28.5 Å². The number of methoxy groups -OCH3 is 3. The summed E-state index contributed by atoms with van der Waals surface area (Å²) in [5, 5.41) is 2.82. The van der Waals surface area contributed by atoms with Gasteiger partial charge < -0.3 is 19.5 Å². The molecule has 0 aliphatic heterocycles. The predicted octanol–water partition coefficient (Wildman–Crippen LogP) is 3.73. The van der Waals surface area contributed by atoms with Gasteiger partial charge in [0.2, 0.25) is 5.75 Å². The molecule has 116 valence electrons. The molecule has 2 rings (SSSR count). The SMILES string of the molecule is COc1cc(C(=O)Nc2cccc(Br)c2)cc(OC)c1OC. The second-order valence-corrected chi connectivity index (χ2v) is 5.29. The fraction of sp³-hybridized carbons (Fsp3) is 0.188. The van der Waals surface area contributed by atoms with E-state index in [-0.39, 0.29) is 5.91 Å². The first-order valence-corrected chi connectivity index (χ1v) is 7.25. The van der Waals surface area contributed by atoms with E-state index in [4.69, 9.17) is 14.2 Å². The highest BCUT2D eigenvalue weighted by atomic mass is 79.9. The lowest BCUT2D eigenvalue weighted by molar-refractivity contribution is 0.102. The summed E-state index contributed by atoms with van der Waals surface area (Å²) in [6, 6.07) is 10.6. The summed E-state index contributed by atoms with van der Waals surface area (Å²) in [5.41, 5.74) is 1.10. The van der Waals surface area contributed by atoms with Crippen LogP contribution >= 0.6 is 15.9 Å². The Morgan fingerprint density at radius 3 is 2.14 bits per heavy atom. The highest BCUT2D eigenvalue weighted by Crippen LogP contribution is 2.38. The van der Waals surface area contributed by atoms with Crippen LogP contribution in [0.3, 0.4) is 0 Å². The smallest absolute Gasteiger partial charge is 0.255 e. The lowest BCUT2D eigenvalue weighted by Crippen LogP contribution is -2.12. The van der Waals surface area contributed by atoms with E-state index >= 15 is 0 Å². The van der Waals surface area contributed by atoms with Crippen LogP contribution in [0.5, 0.6) is 17.2 Å². The standard InChI is InChI=1S/C16H16BrNO4/c1-20-13-7-10(8-14(21-2)15(13)22-3)16(19)18-12-6-4-5-11(17)9-12/h4-9H,1-3H3,(H,18,19). The molecule has 0 fully saturated rings. The molecular weight excluding hydrogens is 350 g/mol. The molecule has 0 unspecified atom stereocenters. The minimum absolute atomic E-state index is 0.266. The number of hydrogen-bond acceptors (Lipinski definition) is 4. The topological polar surface area (TPSA) is 56.8 Å². The Balaban J connectivity index is 2.33. The Labute approximate surface area is 137 Å². The number of nitrogens with one attached hydrogen (secondary N) is 1. The highest BCUT2D eigenvalue weighted by molar-refractivity contribution is 9.10. The Morgan fingerprint density at radius 2 is 1.64 bits per heavy atom. The number of carbonyl (C=O) groups is 1. The Bertz CT molecular complexity index is 663.